The van der Waals surface area contributed by atoms with Gasteiger partial charge in [0.2, 0.25) is 0 Å². The van der Waals surface area contributed by atoms with Crippen molar-refractivity contribution in [3.8, 4) is 0 Å². The first-order valence-electron chi connectivity index (χ1n) is 9.50. The highest BCUT2D eigenvalue weighted by Crippen LogP contribution is 2.18. The first kappa shape index (κ1) is 20.2. The van der Waals surface area contributed by atoms with E-state index in [0.29, 0.717) is 36.4 Å². The Kier molecular flexibility index (Phi) is 6.90. The molecule has 2 aromatic carbocycles. The second kappa shape index (κ2) is 9.57. The van der Waals surface area contributed by atoms with Gasteiger partial charge in [0.15, 0.2) is 5.78 Å². The van der Waals surface area contributed by atoms with E-state index < -0.39 is 5.82 Å². The number of ether oxygens (including phenoxy) is 1. The SMILES string of the molecule is COCCN1CCCN(C(=O)c2ccccc2C(=O)c2ccc(F)cc2)CC1. The minimum absolute atomic E-state index is 0.139. The standard InChI is InChI=1S/C22H25FN2O3/c1-28-16-15-24-11-4-12-25(14-13-24)22(27)20-6-3-2-5-19(20)21(26)17-7-9-18(23)10-8-17/h2-3,5-10H,4,11-16H2,1H3. The summed E-state index contributed by atoms with van der Waals surface area (Å²) in [6, 6.07) is 12.2. The van der Waals surface area contributed by atoms with Gasteiger partial charge >= 0.3 is 0 Å². The topological polar surface area (TPSA) is 49.9 Å². The minimum Gasteiger partial charge on any atom is -0.383 e. The summed E-state index contributed by atoms with van der Waals surface area (Å²) in [6.45, 7) is 4.48. The minimum atomic E-state index is -0.400. The number of ketones is 1. The molecule has 5 nitrogen and oxygen atoms in total. The molecule has 0 radical (unpaired) electrons. The van der Waals surface area contributed by atoms with Crippen molar-refractivity contribution in [3.05, 3.63) is 71.0 Å². The molecule has 0 saturated carbocycles. The van der Waals surface area contributed by atoms with Crippen molar-refractivity contribution in [2.75, 3.05) is 46.4 Å². The van der Waals surface area contributed by atoms with Gasteiger partial charge in [0.25, 0.3) is 5.91 Å². The van der Waals surface area contributed by atoms with Crippen LogP contribution in [0, 0.1) is 5.82 Å². The molecular weight excluding hydrogens is 359 g/mol. The second-order valence-corrected chi connectivity index (χ2v) is 6.86. The molecule has 148 valence electrons. The van der Waals surface area contributed by atoms with E-state index in [1.165, 1.54) is 24.3 Å². The molecule has 0 unspecified atom stereocenters. The van der Waals surface area contributed by atoms with Crippen LogP contribution in [0.4, 0.5) is 4.39 Å². The highest BCUT2D eigenvalue weighted by molar-refractivity contribution is 6.15. The van der Waals surface area contributed by atoms with Gasteiger partial charge < -0.3 is 9.64 Å². The predicted molar refractivity (Wildman–Crippen MR) is 105 cm³/mol. The lowest BCUT2D eigenvalue weighted by atomic mass is 9.97. The number of hydrogen-bond acceptors (Lipinski definition) is 4. The molecule has 1 heterocycles. The lowest BCUT2D eigenvalue weighted by Gasteiger charge is -2.22. The summed E-state index contributed by atoms with van der Waals surface area (Å²) in [5.74, 6) is -0.816. The van der Waals surface area contributed by atoms with Crippen LogP contribution in [-0.2, 0) is 4.74 Å². The molecule has 0 bridgehead atoms. The van der Waals surface area contributed by atoms with Gasteiger partial charge in [0.1, 0.15) is 5.82 Å². The Morgan fingerprint density at radius 3 is 2.39 bits per heavy atom. The fourth-order valence-corrected chi connectivity index (χ4v) is 3.41. The molecular formula is C22H25FN2O3. The van der Waals surface area contributed by atoms with Crippen LogP contribution in [0.15, 0.2) is 48.5 Å². The molecule has 1 aliphatic rings. The third-order valence-electron chi connectivity index (χ3n) is 5.00. The number of benzene rings is 2. The summed E-state index contributed by atoms with van der Waals surface area (Å²) in [6.07, 6.45) is 0.879. The van der Waals surface area contributed by atoms with Gasteiger partial charge in [-0.15, -0.1) is 0 Å². The number of rotatable bonds is 6. The number of nitrogens with zero attached hydrogens (tertiary/aromatic N) is 2. The monoisotopic (exact) mass is 384 g/mol. The normalized spacial score (nSPS) is 15.3. The van der Waals surface area contributed by atoms with Crippen LogP contribution in [0.1, 0.15) is 32.7 Å². The Bertz CT molecular complexity index is 823. The summed E-state index contributed by atoms with van der Waals surface area (Å²) >= 11 is 0. The summed E-state index contributed by atoms with van der Waals surface area (Å²) < 4.78 is 18.3. The zero-order valence-corrected chi connectivity index (χ0v) is 16.1. The number of carbonyl (C=O) groups excluding carboxylic acids is 2. The molecule has 0 atom stereocenters. The third kappa shape index (κ3) is 4.82. The van der Waals surface area contributed by atoms with Gasteiger partial charge in [-0.1, -0.05) is 18.2 Å². The maximum Gasteiger partial charge on any atom is 0.254 e. The number of hydrogen-bond donors (Lipinski definition) is 0. The van der Waals surface area contributed by atoms with Crippen LogP contribution >= 0.6 is 0 Å². The van der Waals surface area contributed by atoms with Gasteiger partial charge in [-0.2, -0.15) is 0 Å². The van der Waals surface area contributed by atoms with Crippen molar-refractivity contribution in [1.29, 1.82) is 0 Å². The average Bonchev–Trinajstić information content (AvgIpc) is 2.97. The maximum atomic E-state index is 13.2. The Hall–Kier alpha value is -2.57. The van der Waals surface area contributed by atoms with E-state index in [1.807, 2.05) is 4.90 Å². The molecule has 1 saturated heterocycles. The van der Waals surface area contributed by atoms with Crippen LogP contribution in [0.3, 0.4) is 0 Å². The summed E-state index contributed by atoms with van der Waals surface area (Å²) in [4.78, 5) is 30.1. The first-order chi connectivity index (χ1) is 13.6. The maximum absolute atomic E-state index is 13.2. The molecule has 1 aliphatic heterocycles. The second-order valence-electron chi connectivity index (χ2n) is 6.86. The zero-order chi connectivity index (χ0) is 19.9. The van der Waals surface area contributed by atoms with E-state index in [9.17, 15) is 14.0 Å². The Morgan fingerprint density at radius 2 is 1.68 bits per heavy atom. The van der Waals surface area contributed by atoms with Crippen LogP contribution in [-0.4, -0.2) is 67.9 Å². The predicted octanol–water partition coefficient (Wildman–Crippen LogP) is 2.85. The molecule has 1 fully saturated rings. The third-order valence-corrected chi connectivity index (χ3v) is 5.00. The van der Waals surface area contributed by atoms with E-state index in [-0.39, 0.29) is 11.7 Å². The largest absolute Gasteiger partial charge is 0.383 e. The van der Waals surface area contributed by atoms with E-state index in [4.69, 9.17) is 4.74 Å². The number of halogens is 1. The molecule has 1 amide bonds. The van der Waals surface area contributed by atoms with E-state index in [0.717, 1.165) is 26.1 Å². The van der Waals surface area contributed by atoms with Crippen molar-refractivity contribution in [2.24, 2.45) is 0 Å². The number of amides is 1. The lowest BCUT2D eigenvalue weighted by molar-refractivity contribution is 0.0755. The van der Waals surface area contributed by atoms with Gasteiger partial charge in [0, 0.05) is 44.4 Å². The van der Waals surface area contributed by atoms with E-state index >= 15 is 0 Å². The Labute approximate surface area is 164 Å². The van der Waals surface area contributed by atoms with Crippen molar-refractivity contribution in [3.63, 3.8) is 0 Å². The zero-order valence-electron chi connectivity index (χ0n) is 16.1. The van der Waals surface area contributed by atoms with Gasteiger partial charge in [-0.3, -0.25) is 14.5 Å². The van der Waals surface area contributed by atoms with E-state index in [2.05, 4.69) is 4.90 Å². The number of carbonyl (C=O) groups is 2. The molecule has 0 spiro atoms. The van der Waals surface area contributed by atoms with Crippen LogP contribution in [0.2, 0.25) is 0 Å². The average molecular weight is 384 g/mol. The molecule has 0 aromatic heterocycles. The Balaban J connectivity index is 1.77. The molecule has 6 heteroatoms. The quantitative estimate of drug-likeness (QED) is 0.719. The van der Waals surface area contributed by atoms with Crippen molar-refractivity contribution < 1.29 is 18.7 Å². The fourth-order valence-electron chi connectivity index (χ4n) is 3.41. The number of methoxy groups -OCH3 is 1. The van der Waals surface area contributed by atoms with Crippen molar-refractivity contribution in [1.82, 2.24) is 9.80 Å². The molecule has 28 heavy (non-hydrogen) atoms. The summed E-state index contributed by atoms with van der Waals surface area (Å²) in [5, 5.41) is 0. The Morgan fingerprint density at radius 1 is 0.964 bits per heavy atom. The van der Waals surface area contributed by atoms with Gasteiger partial charge in [-0.25, -0.2) is 4.39 Å². The highest BCUT2D eigenvalue weighted by atomic mass is 19.1. The van der Waals surface area contributed by atoms with Gasteiger partial charge in [-0.05, 0) is 43.3 Å². The first-order valence-corrected chi connectivity index (χ1v) is 9.50. The summed E-state index contributed by atoms with van der Waals surface area (Å²) in [5.41, 5.74) is 1.10. The molecule has 0 aliphatic carbocycles. The van der Waals surface area contributed by atoms with Crippen molar-refractivity contribution in [2.45, 2.75) is 6.42 Å². The van der Waals surface area contributed by atoms with E-state index in [1.54, 1.807) is 31.4 Å². The summed E-state index contributed by atoms with van der Waals surface area (Å²) in [7, 11) is 1.68. The highest BCUT2D eigenvalue weighted by Gasteiger charge is 2.24. The molecule has 3 rings (SSSR count). The van der Waals surface area contributed by atoms with Crippen LogP contribution in [0.5, 0.6) is 0 Å². The smallest absolute Gasteiger partial charge is 0.254 e. The molecule has 0 N–H and O–H groups in total. The van der Waals surface area contributed by atoms with Crippen molar-refractivity contribution >= 4 is 11.7 Å². The fraction of sp³-hybridized carbons (Fsp3) is 0.364. The van der Waals surface area contributed by atoms with Gasteiger partial charge in [0.05, 0.1) is 12.2 Å². The lowest BCUT2D eigenvalue weighted by Crippen LogP contribution is -2.36. The molecule has 2 aromatic rings. The van der Waals surface area contributed by atoms with Crippen LogP contribution < -0.4 is 0 Å². The van der Waals surface area contributed by atoms with Crippen LogP contribution in [0.25, 0.3) is 0 Å².